The normalized spacial score (nSPS) is 22.5. The van der Waals surface area contributed by atoms with Gasteiger partial charge in [0.15, 0.2) is 6.23 Å². The summed E-state index contributed by atoms with van der Waals surface area (Å²) in [7, 11) is 0. The Bertz CT molecular complexity index is 1170. The molecule has 0 bridgehead atoms. The van der Waals surface area contributed by atoms with Crippen molar-refractivity contribution in [3.05, 3.63) is 69.8 Å². The van der Waals surface area contributed by atoms with E-state index in [1.807, 2.05) is 6.20 Å². The summed E-state index contributed by atoms with van der Waals surface area (Å²) in [5.41, 5.74) is 5.96. The van der Waals surface area contributed by atoms with Crippen LogP contribution in [0.3, 0.4) is 0 Å². The molecular formula is C28H33BrN2O2. The van der Waals surface area contributed by atoms with Crippen LogP contribution in [0.1, 0.15) is 77.2 Å². The van der Waals surface area contributed by atoms with Crippen molar-refractivity contribution >= 4 is 32.4 Å². The highest BCUT2D eigenvalue weighted by Gasteiger charge is 2.37. The molecule has 5 rings (SSSR count). The van der Waals surface area contributed by atoms with Crippen LogP contribution in [0.15, 0.2) is 58.7 Å². The molecule has 0 saturated carbocycles. The molecule has 0 amide bonds. The Morgan fingerprint density at radius 1 is 0.970 bits per heavy atom. The van der Waals surface area contributed by atoms with Crippen molar-refractivity contribution < 1.29 is 9.47 Å². The van der Waals surface area contributed by atoms with Gasteiger partial charge in [-0.25, -0.2) is 4.68 Å². The van der Waals surface area contributed by atoms with Crippen LogP contribution in [0.25, 0.3) is 16.5 Å². The van der Waals surface area contributed by atoms with E-state index in [2.05, 4.69) is 90.8 Å². The van der Waals surface area contributed by atoms with Gasteiger partial charge >= 0.3 is 0 Å². The summed E-state index contributed by atoms with van der Waals surface area (Å²) >= 11 is 3.60. The Morgan fingerprint density at radius 3 is 2.33 bits per heavy atom. The van der Waals surface area contributed by atoms with Crippen molar-refractivity contribution in [1.82, 2.24) is 9.78 Å². The van der Waals surface area contributed by atoms with Gasteiger partial charge in [0.2, 0.25) is 0 Å². The van der Waals surface area contributed by atoms with E-state index in [0.29, 0.717) is 0 Å². The van der Waals surface area contributed by atoms with Crippen LogP contribution in [-0.2, 0) is 9.47 Å². The zero-order valence-corrected chi connectivity index (χ0v) is 21.6. The molecular weight excluding hydrogens is 476 g/mol. The average molecular weight is 509 g/mol. The van der Waals surface area contributed by atoms with Crippen molar-refractivity contribution in [3.8, 4) is 0 Å². The van der Waals surface area contributed by atoms with E-state index in [4.69, 9.17) is 14.6 Å². The van der Waals surface area contributed by atoms with Gasteiger partial charge < -0.3 is 9.47 Å². The lowest BCUT2D eigenvalue weighted by Crippen LogP contribution is -2.42. The van der Waals surface area contributed by atoms with Crippen LogP contribution < -0.4 is 0 Å². The first-order valence-corrected chi connectivity index (χ1v) is 12.8. The maximum absolute atomic E-state index is 6.40. The lowest BCUT2D eigenvalue weighted by molar-refractivity contribution is -0.138. The second-order valence-corrected chi connectivity index (χ2v) is 11.6. The zero-order chi connectivity index (χ0) is 23.2. The van der Waals surface area contributed by atoms with Gasteiger partial charge in [0.25, 0.3) is 0 Å². The van der Waals surface area contributed by atoms with Crippen LogP contribution in [0.2, 0.25) is 0 Å². The fourth-order valence-electron chi connectivity index (χ4n) is 5.63. The van der Waals surface area contributed by atoms with Gasteiger partial charge in [0.05, 0.1) is 22.9 Å². The molecule has 2 fully saturated rings. The fraction of sp³-hybridized carbons (Fsp3) is 0.464. The smallest absolute Gasteiger partial charge is 0.150 e. The third-order valence-corrected chi connectivity index (χ3v) is 7.16. The Morgan fingerprint density at radius 2 is 1.67 bits per heavy atom. The molecule has 1 atom stereocenters. The third kappa shape index (κ3) is 4.82. The molecule has 3 heterocycles. The number of nitrogens with zero attached hydrogens (tertiary/aromatic N) is 2. The molecule has 1 unspecified atom stereocenters. The molecule has 4 nitrogen and oxygen atoms in total. The standard InChI is InChI=1S/C28H33BrN2O2/c1-27(2)16-22(17-28(3,4)33-27)26(19-8-11-23(29)12-9-19)20-10-13-24-21(15-20)18-30-31(24)25-7-5-6-14-32-25/h8-13,15,18,25H,5-7,14,16-17H2,1-4H3. The summed E-state index contributed by atoms with van der Waals surface area (Å²) in [5, 5.41) is 5.87. The van der Waals surface area contributed by atoms with Crippen molar-refractivity contribution in [2.24, 2.45) is 0 Å². The van der Waals surface area contributed by atoms with E-state index < -0.39 is 0 Å². The number of ether oxygens (including phenoxy) is 2. The van der Waals surface area contributed by atoms with Crippen molar-refractivity contribution in [2.45, 2.75) is 77.2 Å². The molecule has 0 radical (unpaired) electrons. The first-order chi connectivity index (χ1) is 15.7. The molecule has 0 aliphatic carbocycles. The number of rotatable bonds is 3. The van der Waals surface area contributed by atoms with Crippen molar-refractivity contribution in [3.63, 3.8) is 0 Å². The number of hydrogen-bond donors (Lipinski definition) is 0. The Kier molecular flexibility index (Phi) is 6.00. The SMILES string of the molecule is CC1(C)CC(=C(c2ccc(Br)cc2)c2ccc3c(cnn3C3CCCCO3)c2)CC(C)(C)O1. The summed E-state index contributed by atoms with van der Waals surface area (Å²) in [5.74, 6) is 0. The van der Waals surface area contributed by atoms with Crippen molar-refractivity contribution in [1.29, 1.82) is 0 Å². The number of aromatic nitrogens is 2. The minimum absolute atomic E-state index is 0.0449. The molecule has 33 heavy (non-hydrogen) atoms. The summed E-state index contributed by atoms with van der Waals surface area (Å²) < 4.78 is 15.6. The second kappa shape index (κ2) is 8.68. The molecule has 2 aliphatic rings. The largest absolute Gasteiger partial charge is 0.369 e. The first-order valence-electron chi connectivity index (χ1n) is 12.0. The Labute approximate surface area is 205 Å². The molecule has 2 saturated heterocycles. The molecule has 1 aromatic heterocycles. The molecule has 3 aromatic rings. The molecule has 5 heteroatoms. The first kappa shape index (κ1) is 22.8. The molecule has 0 spiro atoms. The summed E-state index contributed by atoms with van der Waals surface area (Å²) in [4.78, 5) is 0. The lowest BCUT2D eigenvalue weighted by Gasteiger charge is -2.43. The lowest BCUT2D eigenvalue weighted by atomic mass is 9.79. The van der Waals surface area contributed by atoms with Crippen molar-refractivity contribution in [2.75, 3.05) is 6.61 Å². The monoisotopic (exact) mass is 508 g/mol. The van der Waals surface area contributed by atoms with E-state index in [-0.39, 0.29) is 17.4 Å². The number of hydrogen-bond acceptors (Lipinski definition) is 3. The van der Waals surface area contributed by atoms with E-state index >= 15 is 0 Å². The Hall–Kier alpha value is -1.95. The number of benzene rings is 2. The van der Waals surface area contributed by atoms with Crippen LogP contribution in [0.5, 0.6) is 0 Å². The highest BCUT2D eigenvalue weighted by atomic mass is 79.9. The van der Waals surface area contributed by atoms with Gasteiger partial charge in [0, 0.05) is 16.5 Å². The number of fused-ring (bicyclic) bond motifs is 1. The summed E-state index contributed by atoms with van der Waals surface area (Å²) in [6.07, 6.45) is 7.21. The van der Waals surface area contributed by atoms with E-state index in [1.54, 1.807) is 0 Å². The third-order valence-electron chi connectivity index (χ3n) is 6.63. The van der Waals surface area contributed by atoms with E-state index in [0.717, 1.165) is 47.7 Å². The minimum Gasteiger partial charge on any atom is -0.369 e. The molecule has 0 N–H and O–H groups in total. The van der Waals surface area contributed by atoms with Gasteiger partial charge in [-0.2, -0.15) is 5.10 Å². The second-order valence-electron chi connectivity index (χ2n) is 10.6. The van der Waals surface area contributed by atoms with Gasteiger partial charge in [-0.05, 0) is 101 Å². The topological polar surface area (TPSA) is 36.3 Å². The van der Waals surface area contributed by atoms with Gasteiger partial charge in [-0.3, -0.25) is 0 Å². The quantitative estimate of drug-likeness (QED) is 0.364. The van der Waals surface area contributed by atoms with Gasteiger partial charge in [-0.15, -0.1) is 0 Å². The van der Waals surface area contributed by atoms with E-state index in [9.17, 15) is 0 Å². The minimum atomic E-state index is -0.203. The fourth-order valence-corrected chi connectivity index (χ4v) is 5.90. The highest BCUT2D eigenvalue weighted by molar-refractivity contribution is 9.10. The van der Waals surface area contributed by atoms with E-state index in [1.165, 1.54) is 28.7 Å². The predicted molar refractivity (Wildman–Crippen MR) is 137 cm³/mol. The summed E-state index contributed by atoms with van der Waals surface area (Å²) in [6, 6.07) is 15.4. The highest BCUT2D eigenvalue weighted by Crippen LogP contribution is 2.43. The van der Waals surface area contributed by atoms with Crippen LogP contribution in [0, 0.1) is 0 Å². The van der Waals surface area contributed by atoms with Crippen LogP contribution in [-0.4, -0.2) is 27.6 Å². The van der Waals surface area contributed by atoms with Gasteiger partial charge in [-0.1, -0.05) is 39.7 Å². The van der Waals surface area contributed by atoms with Crippen LogP contribution >= 0.6 is 15.9 Å². The maximum Gasteiger partial charge on any atom is 0.150 e. The van der Waals surface area contributed by atoms with Gasteiger partial charge in [0.1, 0.15) is 0 Å². The maximum atomic E-state index is 6.40. The molecule has 174 valence electrons. The zero-order valence-electron chi connectivity index (χ0n) is 20.0. The average Bonchev–Trinajstić information content (AvgIpc) is 3.17. The molecule has 2 aliphatic heterocycles. The predicted octanol–water partition coefficient (Wildman–Crippen LogP) is 7.67. The summed E-state index contributed by atoms with van der Waals surface area (Å²) in [6.45, 7) is 9.61. The molecule has 2 aromatic carbocycles. The number of halogens is 1. The Balaban J connectivity index is 1.63. The van der Waals surface area contributed by atoms with Crippen LogP contribution in [0.4, 0.5) is 0 Å².